The summed E-state index contributed by atoms with van der Waals surface area (Å²) in [4.78, 5) is 12.7. The standard InChI is InChI=1S/C34H61N3O8/c1-6-7-8-9-10-11-12-13-14-15-16-17-18-19-20-41-32(38)31-21-37(36-35-31)28(22-39-24-29-26-42-33(2,3)44-29)23-40-25-30-27-43-34(4,5)45-30/h21,28-30H,6-20,22-27H2,1-5H3. The largest absolute Gasteiger partial charge is 0.461 e. The summed E-state index contributed by atoms with van der Waals surface area (Å²) < 4.78 is 42.0. The summed E-state index contributed by atoms with van der Waals surface area (Å²) in [6.07, 6.45) is 19.3. The molecule has 2 fully saturated rings. The van der Waals surface area contributed by atoms with E-state index in [0.717, 1.165) is 12.8 Å². The first-order chi connectivity index (χ1) is 21.7. The quantitative estimate of drug-likeness (QED) is 0.0837. The van der Waals surface area contributed by atoms with Crippen molar-refractivity contribution in [3.63, 3.8) is 0 Å². The highest BCUT2D eigenvalue weighted by Gasteiger charge is 2.34. The van der Waals surface area contributed by atoms with Gasteiger partial charge in [0.1, 0.15) is 18.2 Å². The number of carbonyl (C=O) groups is 1. The van der Waals surface area contributed by atoms with Crippen molar-refractivity contribution in [2.75, 3.05) is 46.2 Å². The third-order valence-electron chi connectivity index (χ3n) is 8.19. The van der Waals surface area contributed by atoms with Gasteiger partial charge in [-0.3, -0.25) is 0 Å². The van der Waals surface area contributed by atoms with Crippen LogP contribution in [0, 0.1) is 0 Å². The lowest BCUT2D eigenvalue weighted by Crippen LogP contribution is -2.29. The second-order valence-electron chi connectivity index (χ2n) is 13.4. The van der Waals surface area contributed by atoms with Gasteiger partial charge in [0.25, 0.3) is 0 Å². The van der Waals surface area contributed by atoms with E-state index in [1.165, 1.54) is 77.0 Å². The molecule has 0 N–H and O–H groups in total. The van der Waals surface area contributed by atoms with Crippen LogP contribution >= 0.6 is 0 Å². The molecule has 2 unspecified atom stereocenters. The van der Waals surface area contributed by atoms with Gasteiger partial charge in [0.15, 0.2) is 17.3 Å². The molecule has 3 heterocycles. The molecule has 0 aliphatic carbocycles. The van der Waals surface area contributed by atoms with Crippen LogP contribution in [0.4, 0.5) is 0 Å². The maximum absolute atomic E-state index is 12.7. The van der Waals surface area contributed by atoms with E-state index in [9.17, 15) is 4.79 Å². The van der Waals surface area contributed by atoms with Gasteiger partial charge >= 0.3 is 5.97 Å². The Labute approximate surface area is 271 Å². The predicted octanol–water partition coefficient (Wildman–Crippen LogP) is 6.79. The Morgan fingerprint density at radius 2 is 1.27 bits per heavy atom. The van der Waals surface area contributed by atoms with Gasteiger partial charge in [-0.1, -0.05) is 95.6 Å². The predicted molar refractivity (Wildman–Crippen MR) is 171 cm³/mol. The average molecular weight is 640 g/mol. The number of hydrogen-bond donors (Lipinski definition) is 0. The van der Waals surface area contributed by atoms with E-state index in [4.69, 9.17) is 33.2 Å². The number of rotatable bonds is 25. The minimum Gasteiger partial charge on any atom is -0.461 e. The number of hydrogen-bond acceptors (Lipinski definition) is 10. The molecule has 260 valence electrons. The van der Waals surface area contributed by atoms with Crippen molar-refractivity contribution < 1.29 is 38.0 Å². The zero-order valence-corrected chi connectivity index (χ0v) is 28.8. The number of unbranched alkanes of at least 4 members (excludes halogenated alkanes) is 13. The highest BCUT2D eigenvalue weighted by molar-refractivity contribution is 5.86. The SMILES string of the molecule is CCCCCCCCCCCCCCCCOC(=O)c1cn(C(COCC2COC(C)(C)O2)COCC2COC(C)(C)O2)nn1. The molecular formula is C34H61N3O8. The Kier molecular flexibility index (Phi) is 17.3. The Morgan fingerprint density at radius 3 is 1.71 bits per heavy atom. The summed E-state index contributed by atoms with van der Waals surface area (Å²) in [7, 11) is 0. The molecule has 2 aliphatic rings. The highest BCUT2D eigenvalue weighted by Crippen LogP contribution is 2.24. The van der Waals surface area contributed by atoms with E-state index in [1.807, 2.05) is 27.7 Å². The molecule has 2 aliphatic heterocycles. The minimum absolute atomic E-state index is 0.149. The smallest absolute Gasteiger partial charge is 0.360 e. The lowest BCUT2D eigenvalue weighted by Gasteiger charge is -2.21. The summed E-state index contributed by atoms with van der Waals surface area (Å²) >= 11 is 0. The molecule has 45 heavy (non-hydrogen) atoms. The van der Waals surface area contributed by atoms with Crippen molar-refractivity contribution in [2.45, 2.75) is 154 Å². The Balaban J connectivity index is 1.31. The first kappa shape index (κ1) is 37.8. The average Bonchev–Trinajstić information content (AvgIpc) is 3.72. The summed E-state index contributed by atoms with van der Waals surface area (Å²) in [5, 5.41) is 8.27. The first-order valence-electron chi connectivity index (χ1n) is 17.6. The monoisotopic (exact) mass is 639 g/mol. The summed E-state index contributed by atoms with van der Waals surface area (Å²) in [5.74, 6) is -1.68. The Bertz CT molecular complexity index is 908. The van der Waals surface area contributed by atoms with Gasteiger partial charge in [0, 0.05) is 0 Å². The second kappa shape index (κ2) is 20.6. The van der Waals surface area contributed by atoms with Gasteiger partial charge in [-0.25, -0.2) is 9.48 Å². The van der Waals surface area contributed by atoms with Crippen molar-refractivity contribution in [3.05, 3.63) is 11.9 Å². The van der Waals surface area contributed by atoms with E-state index in [0.29, 0.717) is 46.2 Å². The van der Waals surface area contributed by atoms with Gasteiger partial charge < -0.3 is 33.2 Å². The molecule has 0 radical (unpaired) electrons. The lowest BCUT2D eigenvalue weighted by molar-refractivity contribution is -0.147. The number of ether oxygens (including phenoxy) is 7. The molecule has 2 saturated heterocycles. The Hall–Kier alpha value is -1.63. The van der Waals surface area contributed by atoms with Crippen LogP contribution in [0.2, 0.25) is 0 Å². The molecule has 0 amide bonds. The number of carbonyl (C=O) groups excluding carboxylic acids is 1. The van der Waals surface area contributed by atoms with Crippen LogP contribution in [-0.4, -0.2) is 91.0 Å². The number of nitrogens with zero attached hydrogens (tertiary/aromatic N) is 3. The Morgan fingerprint density at radius 1 is 0.800 bits per heavy atom. The summed E-state index contributed by atoms with van der Waals surface area (Å²) in [6.45, 7) is 12.5. The third-order valence-corrected chi connectivity index (χ3v) is 8.19. The fourth-order valence-corrected chi connectivity index (χ4v) is 5.65. The molecule has 1 aromatic heterocycles. The van der Waals surface area contributed by atoms with Crippen LogP contribution in [0.3, 0.4) is 0 Å². The van der Waals surface area contributed by atoms with Crippen molar-refractivity contribution in [2.24, 2.45) is 0 Å². The molecule has 0 saturated carbocycles. The van der Waals surface area contributed by atoms with Crippen LogP contribution in [0.25, 0.3) is 0 Å². The van der Waals surface area contributed by atoms with Crippen LogP contribution in [0.15, 0.2) is 6.20 Å². The van der Waals surface area contributed by atoms with Gasteiger partial charge in [-0.15, -0.1) is 5.10 Å². The topological polar surface area (TPSA) is 112 Å². The van der Waals surface area contributed by atoms with E-state index in [-0.39, 0.29) is 23.9 Å². The molecular weight excluding hydrogens is 578 g/mol. The van der Waals surface area contributed by atoms with Gasteiger partial charge in [-0.2, -0.15) is 0 Å². The van der Waals surface area contributed by atoms with Gasteiger partial charge in [0.05, 0.1) is 52.4 Å². The summed E-state index contributed by atoms with van der Waals surface area (Å²) in [5.41, 5.74) is 0.175. The van der Waals surface area contributed by atoms with E-state index >= 15 is 0 Å². The maximum atomic E-state index is 12.7. The molecule has 0 aromatic carbocycles. The number of esters is 1. The molecule has 0 spiro atoms. The molecule has 2 atom stereocenters. The highest BCUT2D eigenvalue weighted by atomic mass is 16.8. The fourth-order valence-electron chi connectivity index (χ4n) is 5.65. The van der Waals surface area contributed by atoms with Crippen molar-refractivity contribution >= 4 is 5.97 Å². The maximum Gasteiger partial charge on any atom is 0.360 e. The first-order valence-corrected chi connectivity index (χ1v) is 17.6. The third kappa shape index (κ3) is 15.7. The fraction of sp³-hybridized carbons (Fsp3) is 0.912. The minimum atomic E-state index is -0.610. The van der Waals surface area contributed by atoms with E-state index < -0.39 is 17.5 Å². The zero-order chi connectivity index (χ0) is 32.4. The molecule has 11 nitrogen and oxygen atoms in total. The molecule has 0 bridgehead atoms. The zero-order valence-electron chi connectivity index (χ0n) is 28.8. The molecule has 3 rings (SSSR count). The summed E-state index contributed by atoms with van der Waals surface area (Å²) in [6, 6.07) is -0.310. The van der Waals surface area contributed by atoms with Crippen molar-refractivity contribution in [3.8, 4) is 0 Å². The molecule has 11 heteroatoms. The van der Waals surface area contributed by atoms with Gasteiger partial charge in [-0.05, 0) is 34.1 Å². The molecule has 1 aromatic rings. The van der Waals surface area contributed by atoms with Crippen molar-refractivity contribution in [1.29, 1.82) is 0 Å². The van der Waals surface area contributed by atoms with Crippen molar-refractivity contribution in [1.82, 2.24) is 15.0 Å². The number of aromatic nitrogens is 3. The van der Waals surface area contributed by atoms with Crippen LogP contribution in [0.1, 0.15) is 141 Å². The second-order valence-corrected chi connectivity index (χ2v) is 13.4. The normalized spacial score (nSPS) is 21.4. The van der Waals surface area contributed by atoms with Crippen LogP contribution in [-0.2, 0) is 33.2 Å². The van der Waals surface area contributed by atoms with E-state index in [2.05, 4.69) is 17.2 Å². The van der Waals surface area contributed by atoms with E-state index in [1.54, 1.807) is 10.9 Å². The van der Waals surface area contributed by atoms with Crippen LogP contribution < -0.4 is 0 Å². The lowest BCUT2D eigenvalue weighted by atomic mass is 10.0. The van der Waals surface area contributed by atoms with Gasteiger partial charge in [0.2, 0.25) is 0 Å². The van der Waals surface area contributed by atoms with Crippen LogP contribution in [0.5, 0.6) is 0 Å².